The van der Waals surface area contributed by atoms with Crippen LogP contribution in [0.4, 0.5) is 0 Å². The third kappa shape index (κ3) is 12.0. The summed E-state index contributed by atoms with van der Waals surface area (Å²) in [5, 5.41) is 17.1. The fourth-order valence-corrected chi connectivity index (χ4v) is 5.66. The van der Waals surface area contributed by atoms with Gasteiger partial charge in [0.2, 0.25) is 5.91 Å². The Kier molecular flexibility index (Phi) is 15.9. The monoisotopic (exact) mass is 574 g/mol. The van der Waals surface area contributed by atoms with Gasteiger partial charge in [0.15, 0.2) is 0 Å². The minimum absolute atomic E-state index is 0.00880. The number of piperidine rings is 1. The molecule has 0 aromatic heterocycles. The Morgan fingerprint density at radius 2 is 1.76 bits per heavy atom. The van der Waals surface area contributed by atoms with Crippen LogP contribution in [0.1, 0.15) is 89.1 Å². The summed E-state index contributed by atoms with van der Waals surface area (Å²) in [5.41, 5.74) is 8.27. The van der Waals surface area contributed by atoms with Gasteiger partial charge in [-0.2, -0.15) is 0 Å². The Hall–Kier alpha value is -2.00. The summed E-state index contributed by atoms with van der Waals surface area (Å²) < 4.78 is 5.49. The largest absolute Gasteiger partial charge is 0.391 e. The minimum atomic E-state index is -0.786. The van der Waals surface area contributed by atoms with Gasteiger partial charge in [-0.05, 0) is 67.9 Å². The predicted octanol–water partition coefficient (Wildman–Crippen LogP) is 4.00. The zero-order chi connectivity index (χ0) is 30.4. The molecule has 0 aliphatic carbocycles. The van der Waals surface area contributed by atoms with Crippen molar-refractivity contribution in [1.29, 1.82) is 0 Å². The lowest BCUT2D eigenvalue weighted by Gasteiger charge is -2.31. The molecule has 234 valence electrons. The highest BCUT2D eigenvalue weighted by atomic mass is 16.5. The number of carbonyl (C=O) groups excluding carboxylic acids is 2. The van der Waals surface area contributed by atoms with E-state index in [2.05, 4.69) is 36.3 Å². The summed E-state index contributed by atoms with van der Waals surface area (Å²) in [4.78, 5) is 28.5. The van der Waals surface area contributed by atoms with Gasteiger partial charge >= 0.3 is 0 Å². The van der Waals surface area contributed by atoms with Crippen LogP contribution in [0.5, 0.6) is 0 Å². The maximum Gasteiger partial charge on any atom is 0.251 e. The SMILES string of the molecule is CCCCNC(=O)[C@@H](C[C@H](O)[C@@H](N)C[C@H](CNC(=O)c1ccccc1CCN1CCC(OC)CC1)C(C)C)C(C)C. The van der Waals surface area contributed by atoms with Crippen LogP contribution in [0.2, 0.25) is 0 Å². The standard InChI is InChI=1S/C33H58N4O4/c1-7-8-16-35-33(40)29(24(4)5)21-31(38)30(34)20-26(23(2)3)22-36-32(39)28-12-10-9-11-25(28)13-17-37-18-14-27(41-6)15-19-37/h9-12,23-24,26-27,29-31,38H,7-8,13-22,34H2,1-6H3,(H,35,40)(H,36,39)/t26-,29+,30+,31+/m1/s1. The van der Waals surface area contributed by atoms with E-state index >= 15 is 0 Å². The molecule has 1 fully saturated rings. The zero-order valence-electron chi connectivity index (χ0n) is 26.5. The summed E-state index contributed by atoms with van der Waals surface area (Å²) in [6.45, 7) is 14.5. The molecule has 0 unspecified atom stereocenters. The number of ether oxygens (including phenoxy) is 1. The molecular weight excluding hydrogens is 516 g/mol. The molecule has 1 aliphatic heterocycles. The van der Waals surface area contributed by atoms with Gasteiger partial charge in [-0.15, -0.1) is 0 Å². The number of aliphatic hydroxyl groups is 1. The lowest BCUT2D eigenvalue weighted by atomic mass is 9.83. The predicted molar refractivity (Wildman–Crippen MR) is 167 cm³/mol. The quantitative estimate of drug-likeness (QED) is 0.197. The van der Waals surface area contributed by atoms with Crippen molar-refractivity contribution in [2.75, 3.05) is 39.8 Å². The van der Waals surface area contributed by atoms with E-state index in [1.807, 2.05) is 38.1 Å². The smallest absolute Gasteiger partial charge is 0.251 e. The van der Waals surface area contributed by atoms with Gasteiger partial charge in [-0.1, -0.05) is 59.2 Å². The molecule has 8 nitrogen and oxygen atoms in total. The number of unbranched alkanes of at least 4 members (excludes halogenated alkanes) is 1. The van der Waals surface area contributed by atoms with Gasteiger partial charge in [-0.25, -0.2) is 0 Å². The molecule has 1 aromatic carbocycles. The average molecular weight is 575 g/mol. The molecule has 0 saturated carbocycles. The molecule has 1 saturated heterocycles. The van der Waals surface area contributed by atoms with Crippen LogP contribution in [0.15, 0.2) is 24.3 Å². The second-order valence-electron chi connectivity index (χ2n) is 12.6. The van der Waals surface area contributed by atoms with E-state index in [9.17, 15) is 14.7 Å². The number of hydrogen-bond acceptors (Lipinski definition) is 6. The molecule has 0 radical (unpaired) electrons. The van der Waals surface area contributed by atoms with Crippen LogP contribution >= 0.6 is 0 Å². The van der Waals surface area contributed by atoms with Crippen molar-refractivity contribution >= 4 is 11.8 Å². The number of nitrogens with one attached hydrogen (secondary N) is 2. The maximum absolute atomic E-state index is 13.3. The third-order valence-corrected chi connectivity index (χ3v) is 8.83. The van der Waals surface area contributed by atoms with Crippen LogP contribution in [-0.2, 0) is 16.0 Å². The van der Waals surface area contributed by atoms with Crippen molar-refractivity contribution in [3.8, 4) is 0 Å². The normalized spacial score (nSPS) is 17.8. The molecule has 2 amide bonds. The number of methoxy groups -OCH3 is 1. The van der Waals surface area contributed by atoms with E-state index in [0.717, 1.165) is 62.9 Å². The van der Waals surface area contributed by atoms with Crippen LogP contribution in [0.3, 0.4) is 0 Å². The molecule has 2 rings (SSSR count). The van der Waals surface area contributed by atoms with E-state index in [1.54, 1.807) is 7.11 Å². The van der Waals surface area contributed by atoms with E-state index in [-0.39, 0.29) is 35.5 Å². The first-order valence-corrected chi connectivity index (χ1v) is 15.9. The van der Waals surface area contributed by atoms with Crippen LogP contribution in [-0.4, -0.2) is 79.9 Å². The third-order valence-electron chi connectivity index (χ3n) is 8.83. The first-order valence-electron chi connectivity index (χ1n) is 15.9. The minimum Gasteiger partial charge on any atom is -0.391 e. The van der Waals surface area contributed by atoms with Gasteiger partial charge in [0.25, 0.3) is 5.91 Å². The Bertz CT molecular complexity index is 901. The number of nitrogens with two attached hydrogens (primary N) is 1. The molecule has 8 heteroatoms. The second kappa shape index (κ2) is 18.5. The van der Waals surface area contributed by atoms with Crippen molar-refractivity contribution in [3.63, 3.8) is 0 Å². The highest BCUT2D eigenvalue weighted by Crippen LogP contribution is 2.23. The van der Waals surface area contributed by atoms with Crippen LogP contribution in [0, 0.1) is 23.7 Å². The van der Waals surface area contributed by atoms with Crippen molar-refractivity contribution < 1.29 is 19.4 Å². The molecular formula is C33H58N4O4. The van der Waals surface area contributed by atoms with Crippen LogP contribution < -0.4 is 16.4 Å². The highest BCUT2D eigenvalue weighted by Gasteiger charge is 2.30. The summed E-state index contributed by atoms with van der Waals surface area (Å²) in [6.07, 6.45) is 5.38. The number of nitrogens with zero attached hydrogens (tertiary/aromatic N) is 1. The van der Waals surface area contributed by atoms with Gasteiger partial charge in [0.1, 0.15) is 0 Å². The first kappa shape index (κ1) is 35.2. The summed E-state index contributed by atoms with van der Waals surface area (Å²) in [6, 6.07) is 7.39. The molecule has 41 heavy (non-hydrogen) atoms. The van der Waals surface area contributed by atoms with E-state index in [0.29, 0.717) is 32.0 Å². The molecule has 0 bridgehead atoms. The zero-order valence-corrected chi connectivity index (χ0v) is 26.5. The Balaban J connectivity index is 1.92. The average Bonchev–Trinajstić information content (AvgIpc) is 2.96. The van der Waals surface area contributed by atoms with Crippen LogP contribution in [0.25, 0.3) is 0 Å². The lowest BCUT2D eigenvalue weighted by Crippen LogP contribution is -2.44. The van der Waals surface area contributed by atoms with Gasteiger partial charge in [0, 0.05) is 57.4 Å². The number of benzene rings is 1. The second-order valence-corrected chi connectivity index (χ2v) is 12.6. The van der Waals surface area contributed by atoms with Gasteiger partial charge < -0.3 is 31.1 Å². The molecule has 1 aromatic rings. The Labute approximate surface area is 249 Å². The molecule has 5 N–H and O–H groups in total. The number of likely N-dealkylation sites (tertiary alicyclic amines) is 1. The fourth-order valence-electron chi connectivity index (χ4n) is 5.66. The number of carbonyl (C=O) groups is 2. The van der Waals surface area contributed by atoms with Gasteiger partial charge in [0.05, 0.1) is 12.2 Å². The maximum atomic E-state index is 13.3. The van der Waals surface area contributed by atoms with E-state index in [1.165, 1.54) is 0 Å². The van der Waals surface area contributed by atoms with Gasteiger partial charge in [-0.3, -0.25) is 9.59 Å². The summed E-state index contributed by atoms with van der Waals surface area (Å²) >= 11 is 0. The van der Waals surface area contributed by atoms with E-state index < -0.39 is 12.1 Å². The summed E-state index contributed by atoms with van der Waals surface area (Å²) in [5.74, 6) is 0.127. The van der Waals surface area contributed by atoms with Crippen molar-refractivity contribution in [1.82, 2.24) is 15.5 Å². The highest BCUT2D eigenvalue weighted by molar-refractivity contribution is 5.95. The lowest BCUT2D eigenvalue weighted by molar-refractivity contribution is -0.127. The molecule has 1 aliphatic rings. The number of aliphatic hydroxyl groups excluding tert-OH is 1. The Morgan fingerprint density at radius 1 is 1.07 bits per heavy atom. The molecule has 0 spiro atoms. The van der Waals surface area contributed by atoms with Crippen molar-refractivity contribution in [3.05, 3.63) is 35.4 Å². The topological polar surface area (TPSA) is 117 Å². The number of amides is 2. The summed E-state index contributed by atoms with van der Waals surface area (Å²) in [7, 11) is 1.79. The van der Waals surface area contributed by atoms with Crippen molar-refractivity contribution in [2.24, 2.45) is 29.4 Å². The Morgan fingerprint density at radius 3 is 2.37 bits per heavy atom. The number of hydrogen-bond donors (Lipinski definition) is 4. The molecule has 4 atom stereocenters. The molecule has 1 heterocycles. The van der Waals surface area contributed by atoms with E-state index in [4.69, 9.17) is 10.5 Å². The fraction of sp³-hybridized carbons (Fsp3) is 0.758. The number of rotatable bonds is 18. The first-order chi connectivity index (χ1) is 19.6. The van der Waals surface area contributed by atoms with Crippen molar-refractivity contribution in [2.45, 2.75) is 97.8 Å².